The third-order valence-electron chi connectivity index (χ3n) is 4.28. The van der Waals surface area contributed by atoms with Crippen molar-refractivity contribution in [2.45, 2.75) is 39.2 Å². The van der Waals surface area contributed by atoms with Crippen molar-refractivity contribution in [1.82, 2.24) is 10.4 Å². The molecule has 1 unspecified atom stereocenters. The van der Waals surface area contributed by atoms with E-state index >= 15 is 0 Å². The first-order valence-electron chi connectivity index (χ1n) is 9.61. The number of nitrogens with one attached hydrogen (secondary N) is 1. The number of benzene rings is 1. The Morgan fingerprint density at radius 2 is 2.19 bits per heavy atom. The summed E-state index contributed by atoms with van der Waals surface area (Å²) in [6.07, 6.45) is 2.69. The molecule has 0 aliphatic carbocycles. The van der Waals surface area contributed by atoms with Crippen LogP contribution in [-0.2, 0) is 9.57 Å². The van der Waals surface area contributed by atoms with Gasteiger partial charge < -0.3 is 14.8 Å². The quantitative estimate of drug-likeness (QED) is 0.482. The Bertz CT molecular complexity index is 591. The van der Waals surface area contributed by atoms with Gasteiger partial charge in [0.15, 0.2) is 0 Å². The summed E-state index contributed by atoms with van der Waals surface area (Å²) in [5.41, 5.74) is 0.398. The van der Waals surface area contributed by atoms with Crippen LogP contribution in [0.3, 0.4) is 0 Å². The highest BCUT2D eigenvalue weighted by molar-refractivity contribution is 6.33. The predicted molar refractivity (Wildman–Crippen MR) is 106 cm³/mol. The fraction of sp³-hybridized carbons (Fsp3) is 0.650. The highest BCUT2D eigenvalue weighted by Gasteiger charge is 2.29. The average Bonchev–Trinajstić information content (AvgIpc) is 2.67. The van der Waals surface area contributed by atoms with Crippen molar-refractivity contribution in [3.63, 3.8) is 0 Å². The van der Waals surface area contributed by atoms with E-state index < -0.39 is 0 Å². The molecule has 0 radical (unpaired) electrons. The molecule has 2 rings (SSSR count). The first kappa shape index (κ1) is 22.0. The lowest BCUT2D eigenvalue weighted by molar-refractivity contribution is -0.159. The van der Waals surface area contributed by atoms with E-state index in [2.05, 4.69) is 19.2 Å². The maximum Gasteiger partial charge on any atom is 0.279 e. The van der Waals surface area contributed by atoms with Gasteiger partial charge in [0, 0.05) is 26.7 Å². The lowest BCUT2D eigenvalue weighted by Crippen LogP contribution is -2.49. The van der Waals surface area contributed by atoms with Crippen LogP contribution in [0.5, 0.6) is 5.75 Å². The predicted octanol–water partition coefficient (Wildman–Crippen LogP) is 3.54. The molecule has 1 fully saturated rings. The van der Waals surface area contributed by atoms with E-state index in [-0.39, 0.29) is 11.9 Å². The minimum atomic E-state index is -0.225. The van der Waals surface area contributed by atoms with Gasteiger partial charge in [-0.15, -0.1) is 0 Å². The Morgan fingerprint density at radius 3 is 2.85 bits per heavy atom. The summed E-state index contributed by atoms with van der Waals surface area (Å²) in [5.74, 6) is 0.712. The van der Waals surface area contributed by atoms with Crippen molar-refractivity contribution in [3.8, 4) is 5.75 Å². The van der Waals surface area contributed by atoms with Crippen molar-refractivity contribution >= 4 is 17.5 Å². The van der Waals surface area contributed by atoms with E-state index in [1.807, 2.05) is 0 Å². The van der Waals surface area contributed by atoms with Gasteiger partial charge in [0.1, 0.15) is 5.75 Å². The summed E-state index contributed by atoms with van der Waals surface area (Å²) in [6, 6.07) is 5.15. The van der Waals surface area contributed by atoms with E-state index in [0.717, 1.165) is 25.8 Å². The molecule has 1 saturated heterocycles. The molecule has 6 nitrogen and oxygen atoms in total. The van der Waals surface area contributed by atoms with E-state index in [1.54, 1.807) is 25.3 Å². The molecule has 0 saturated carbocycles. The third kappa shape index (κ3) is 6.96. The zero-order valence-corrected chi connectivity index (χ0v) is 17.3. The maximum atomic E-state index is 13.2. The Labute approximate surface area is 167 Å². The third-order valence-corrected chi connectivity index (χ3v) is 4.61. The van der Waals surface area contributed by atoms with Gasteiger partial charge in [-0.05, 0) is 43.5 Å². The van der Waals surface area contributed by atoms with Gasteiger partial charge in [-0.2, -0.15) is 0 Å². The first-order chi connectivity index (χ1) is 13.0. The Kier molecular flexibility index (Phi) is 9.34. The van der Waals surface area contributed by atoms with Crippen LogP contribution in [0.4, 0.5) is 0 Å². The number of ether oxygens (including phenoxy) is 2. The molecular weight excluding hydrogens is 368 g/mol. The number of amides is 1. The second-order valence-corrected chi connectivity index (χ2v) is 7.56. The van der Waals surface area contributed by atoms with Crippen LogP contribution >= 0.6 is 11.6 Å². The fourth-order valence-electron chi connectivity index (χ4n) is 2.86. The van der Waals surface area contributed by atoms with Gasteiger partial charge in [-0.1, -0.05) is 25.4 Å². The molecule has 1 amide bonds. The summed E-state index contributed by atoms with van der Waals surface area (Å²) in [6.45, 7) is 7.43. The number of hydroxylamine groups is 2. The first-order valence-corrected chi connectivity index (χ1v) is 9.99. The van der Waals surface area contributed by atoms with E-state index in [0.29, 0.717) is 48.6 Å². The van der Waals surface area contributed by atoms with Gasteiger partial charge >= 0.3 is 0 Å². The van der Waals surface area contributed by atoms with Crippen LogP contribution in [0.2, 0.25) is 5.02 Å². The number of rotatable bonds is 10. The van der Waals surface area contributed by atoms with Crippen molar-refractivity contribution in [1.29, 1.82) is 0 Å². The lowest BCUT2D eigenvalue weighted by atomic mass is 10.1. The lowest BCUT2D eigenvalue weighted by Gasteiger charge is -2.34. The molecule has 7 heteroatoms. The molecule has 27 heavy (non-hydrogen) atoms. The fourth-order valence-corrected chi connectivity index (χ4v) is 3.06. The number of methoxy groups -OCH3 is 1. The number of halogens is 1. The number of hydrogen-bond acceptors (Lipinski definition) is 5. The molecule has 1 atom stereocenters. The number of nitrogens with zero attached hydrogens (tertiary/aromatic N) is 1. The summed E-state index contributed by atoms with van der Waals surface area (Å²) in [7, 11) is 1.66. The molecule has 1 aromatic carbocycles. The van der Waals surface area contributed by atoms with Crippen LogP contribution in [0.15, 0.2) is 18.2 Å². The standard InChI is InChI=1S/C20H31ClN2O4/c1-15(2)14-27-23(16-6-4-9-22-13-16)20(24)18-12-17(7-8-19(18)21)26-11-5-10-25-3/h7-8,12,15-16,22H,4-6,9-11,13-14H2,1-3H3. The molecule has 0 spiro atoms. The zero-order valence-electron chi connectivity index (χ0n) is 16.5. The van der Waals surface area contributed by atoms with Gasteiger partial charge in [0.25, 0.3) is 5.91 Å². The second kappa shape index (κ2) is 11.5. The number of piperidine rings is 1. The minimum Gasteiger partial charge on any atom is -0.493 e. The van der Waals surface area contributed by atoms with E-state index in [4.69, 9.17) is 25.9 Å². The second-order valence-electron chi connectivity index (χ2n) is 7.16. The smallest absolute Gasteiger partial charge is 0.279 e. The molecule has 0 bridgehead atoms. The maximum absolute atomic E-state index is 13.2. The Morgan fingerprint density at radius 1 is 1.37 bits per heavy atom. The van der Waals surface area contributed by atoms with Gasteiger partial charge in [-0.3, -0.25) is 9.63 Å². The highest BCUT2D eigenvalue weighted by atomic mass is 35.5. The number of carbonyl (C=O) groups excluding carboxylic acids is 1. The van der Waals surface area contributed by atoms with Crippen LogP contribution in [0, 0.1) is 5.92 Å². The highest BCUT2D eigenvalue weighted by Crippen LogP contribution is 2.26. The molecule has 1 N–H and O–H groups in total. The van der Waals surface area contributed by atoms with Crippen LogP contribution in [0.25, 0.3) is 0 Å². The summed E-state index contributed by atoms with van der Waals surface area (Å²) < 4.78 is 10.7. The summed E-state index contributed by atoms with van der Waals surface area (Å²) in [4.78, 5) is 19.1. The zero-order chi connectivity index (χ0) is 19.6. The topological polar surface area (TPSA) is 60.0 Å². The van der Waals surface area contributed by atoms with E-state index in [9.17, 15) is 4.79 Å². The SMILES string of the molecule is COCCCOc1ccc(Cl)c(C(=O)N(OCC(C)C)C2CCCNC2)c1. The van der Waals surface area contributed by atoms with Gasteiger partial charge in [0.05, 0.1) is 29.8 Å². The molecule has 1 aliphatic rings. The van der Waals surface area contributed by atoms with Crippen LogP contribution in [-0.4, -0.2) is 57.0 Å². The molecule has 1 heterocycles. The molecule has 1 aliphatic heterocycles. The minimum absolute atomic E-state index is 0.00709. The van der Waals surface area contributed by atoms with Gasteiger partial charge in [0.2, 0.25) is 0 Å². The Balaban J connectivity index is 2.14. The number of hydrogen-bond donors (Lipinski definition) is 1. The monoisotopic (exact) mass is 398 g/mol. The average molecular weight is 399 g/mol. The molecule has 0 aromatic heterocycles. The normalized spacial score (nSPS) is 17.1. The van der Waals surface area contributed by atoms with Crippen LogP contribution in [0.1, 0.15) is 43.5 Å². The number of carbonyl (C=O) groups is 1. The molecule has 1 aromatic rings. The largest absolute Gasteiger partial charge is 0.493 e. The van der Waals surface area contributed by atoms with Crippen molar-refractivity contribution in [2.75, 3.05) is 40.0 Å². The van der Waals surface area contributed by atoms with E-state index in [1.165, 1.54) is 5.06 Å². The van der Waals surface area contributed by atoms with Crippen molar-refractivity contribution in [3.05, 3.63) is 28.8 Å². The van der Waals surface area contributed by atoms with Crippen molar-refractivity contribution in [2.24, 2.45) is 5.92 Å². The van der Waals surface area contributed by atoms with Gasteiger partial charge in [-0.25, -0.2) is 5.06 Å². The molecule has 152 valence electrons. The van der Waals surface area contributed by atoms with Crippen molar-refractivity contribution < 1.29 is 19.1 Å². The van der Waals surface area contributed by atoms with Crippen LogP contribution < -0.4 is 10.1 Å². The molecular formula is C20H31ClN2O4. The Hall–Kier alpha value is -1.34. The summed E-state index contributed by atoms with van der Waals surface area (Å²) >= 11 is 6.33. The summed E-state index contributed by atoms with van der Waals surface area (Å²) in [5, 5.41) is 5.23.